The highest BCUT2D eigenvalue weighted by Gasteiger charge is 2.36. The van der Waals surface area contributed by atoms with Crippen LogP contribution in [0, 0.1) is 29.9 Å². The van der Waals surface area contributed by atoms with E-state index >= 15 is 0 Å². The average Bonchev–Trinajstić information content (AvgIpc) is 3.11. The number of hydrogen-bond donors (Lipinski definition) is 1. The Morgan fingerprint density at radius 3 is 2.50 bits per heavy atom. The number of nitro benzene ring substituents is 1. The Labute approximate surface area is 172 Å². The van der Waals surface area contributed by atoms with E-state index < -0.39 is 29.3 Å². The molecule has 1 fully saturated rings. The Bertz CT molecular complexity index is 1000. The van der Waals surface area contributed by atoms with Crippen molar-refractivity contribution in [1.82, 2.24) is 0 Å². The molecule has 3 rings (SSSR count). The van der Waals surface area contributed by atoms with Gasteiger partial charge in [-0.1, -0.05) is 6.07 Å². The monoisotopic (exact) mass is 411 g/mol. The van der Waals surface area contributed by atoms with Gasteiger partial charge in [0, 0.05) is 36.5 Å². The van der Waals surface area contributed by atoms with Crippen molar-refractivity contribution >= 4 is 34.8 Å². The number of non-ortho nitro benzene ring substituents is 1. The largest absolute Gasteiger partial charge is 0.455 e. The predicted octanol–water partition coefficient (Wildman–Crippen LogP) is 2.75. The van der Waals surface area contributed by atoms with Crippen LogP contribution in [0.3, 0.4) is 0 Å². The Morgan fingerprint density at radius 2 is 1.87 bits per heavy atom. The molecule has 1 N–H and O–H groups in total. The molecule has 1 atom stereocenters. The van der Waals surface area contributed by atoms with Crippen molar-refractivity contribution in [2.45, 2.75) is 20.3 Å². The molecule has 2 aromatic rings. The lowest BCUT2D eigenvalue weighted by Crippen LogP contribution is -2.28. The topological polar surface area (TPSA) is 119 Å². The summed E-state index contributed by atoms with van der Waals surface area (Å²) in [4.78, 5) is 48.2. The molecule has 9 heteroatoms. The fourth-order valence-electron chi connectivity index (χ4n) is 3.14. The molecule has 1 aliphatic rings. The molecule has 1 saturated heterocycles. The van der Waals surface area contributed by atoms with Crippen LogP contribution >= 0.6 is 0 Å². The molecule has 0 aliphatic carbocycles. The summed E-state index contributed by atoms with van der Waals surface area (Å²) >= 11 is 0. The molecule has 1 heterocycles. The summed E-state index contributed by atoms with van der Waals surface area (Å²) in [5.74, 6) is -2.10. The van der Waals surface area contributed by atoms with Gasteiger partial charge in [0.15, 0.2) is 6.61 Å². The lowest BCUT2D eigenvalue weighted by molar-refractivity contribution is -0.384. The van der Waals surface area contributed by atoms with Gasteiger partial charge in [-0.2, -0.15) is 0 Å². The summed E-state index contributed by atoms with van der Waals surface area (Å²) in [5.41, 5.74) is 3.12. The third kappa shape index (κ3) is 4.80. The number of hydrogen-bond acceptors (Lipinski definition) is 6. The molecule has 0 unspecified atom stereocenters. The average molecular weight is 411 g/mol. The molecule has 156 valence electrons. The third-order valence-electron chi connectivity index (χ3n) is 4.97. The molecule has 2 amide bonds. The maximum atomic E-state index is 12.3. The van der Waals surface area contributed by atoms with Crippen molar-refractivity contribution < 1.29 is 24.0 Å². The molecular formula is C21H21N3O6. The summed E-state index contributed by atoms with van der Waals surface area (Å²) in [6.07, 6.45) is -0.0470. The minimum Gasteiger partial charge on any atom is -0.455 e. The van der Waals surface area contributed by atoms with E-state index in [-0.39, 0.29) is 24.6 Å². The zero-order chi connectivity index (χ0) is 21.8. The number of ether oxygens (including phenoxy) is 1. The Kier molecular flexibility index (Phi) is 6.10. The zero-order valence-corrected chi connectivity index (χ0v) is 16.6. The number of nitrogens with one attached hydrogen (secondary N) is 1. The van der Waals surface area contributed by atoms with Crippen LogP contribution in [-0.4, -0.2) is 35.9 Å². The van der Waals surface area contributed by atoms with Crippen LogP contribution in [0.1, 0.15) is 17.5 Å². The molecule has 0 spiro atoms. The van der Waals surface area contributed by atoms with Gasteiger partial charge < -0.3 is 15.0 Å². The van der Waals surface area contributed by atoms with E-state index in [4.69, 9.17) is 4.74 Å². The van der Waals surface area contributed by atoms with Crippen LogP contribution in [0.4, 0.5) is 17.1 Å². The van der Waals surface area contributed by atoms with Crippen molar-refractivity contribution in [2.75, 3.05) is 23.4 Å². The Morgan fingerprint density at radius 1 is 1.17 bits per heavy atom. The third-order valence-corrected chi connectivity index (χ3v) is 4.97. The van der Waals surface area contributed by atoms with Crippen LogP contribution in [0.25, 0.3) is 0 Å². The summed E-state index contributed by atoms with van der Waals surface area (Å²) in [5, 5.41) is 13.4. The number of aryl methyl sites for hydroxylation is 2. The van der Waals surface area contributed by atoms with E-state index in [9.17, 15) is 24.5 Å². The molecule has 0 bridgehead atoms. The SMILES string of the molecule is Cc1ccc(NC(=O)COC(=O)[C@@H]2CC(=O)N(c3ccc([N+](=O)[O-])cc3)C2)cc1C. The van der Waals surface area contributed by atoms with Crippen molar-refractivity contribution in [2.24, 2.45) is 5.92 Å². The predicted molar refractivity (Wildman–Crippen MR) is 109 cm³/mol. The highest BCUT2D eigenvalue weighted by atomic mass is 16.6. The molecule has 9 nitrogen and oxygen atoms in total. The first kappa shape index (κ1) is 21.0. The maximum Gasteiger partial charge on any atom is 0.311 e. The van der Waals surface area contributed by atoms with Gasteiger partial charge in [-0.25, -0.2) is 0 Å². The fraction of sp³-hybridized carbons (Fsp3) is 0.286. The highest BCUT2D eigenvalue weighted by molar-refractivity contribution is 6.00. The number of anilines is 2. The van der Waals surface area contributed by atoms with Gasteiger partial charge in [0.2, 0.25) is 5.91 Å². The van der Waals surface area contributed by atoms with Crippen LogP contribution in [-0.2, 0) is 19.1 Å². The standard InChI is InChI=1S/C21H21N3O6/c1-13-3-4-16(9-14(13)2)22-19(25)12-30-21(27)15-10-20(26)23(11-15)17-5-7-18(8-6-17)24(28)29/h3-9,15H,10-12H2,1-2H3,(H,22,25)/t15-/m1/s1. The minimum absolute atomic E-state index is 0.0470. The molecule has 0 aromatic heterocycles. The van der Waals surface area contributed by atoms with E-state index in [1.54, 1.807) is 6.07 Å². The summed E-state index contributed by atoms with van der Waals surface area (Å²) < 4.78 is 5.08. The number of rotatable bonds is 6. The van der Waals surface area contributed by atoms with E-state index in [1.807, 2.05) is 26.0 Å². The Hall–Kier alpha value is -3.75. The van der Waals surface area contributed by atoms with Crippen LogP contribution < -0.4 is 10.2 Å². The van der Waals surface area contributed by atoms with Gasteiger partial charge in [0.05, 0.1) is 10.8 Å². The van der Waals surface area contributed by atoms with Crippen molar-refractivity contribution in [3.8, 4) is 0 Å². The Balaban J connectivity index is 1.53. The molecule has 2 aromatic carbocycles. The van der Waals surface area contributed by atoms with E-state index in [0.717, 1.165) is 11.1 Å². The number of carbonyl (C=O) groups excluding carboxylic acids is 3. The van der Waals surface area contributed by atoms with Gasteiger partial charge in [0.25, 0.3) is 11.6 Å². The number of amides is 2. The molecule has 30 heavy (non-hydrogen) atoms. The van der Waals surface area contributed by atoms with Gasteiger partial charge >= 0.3 is 5.97 Å². The summed E-state index contributed by atoms with van der Waals surface area (Å²) in [6, 6.07) is 11.0. The second-order valence-electron chi connectivity index (χ2n) is 7.13. The second kappa shape index (κ2) is 8.73. The fourth-order valence-corrected chi connectivity index (χ4v) is 3.14. The summed E-state index contributed by atoms with van der Waals surface area (Å²) in [7, 11) is 0. The van der Waals surface area contributed by atoms with Gasteiger partial charge in [-0.15, -0.1) is 0 Å². The number of benzene rings is 2. The number of esters is 1. The second-order valence-corrected chi connectivity index (χ2v) is 7.13. The van der Waals surface area contributed by atoms with Crippen LogP contribution in [0.5, 0.6) is 0 Å². The van der Waals surface area contributed by atoms with Crippen molar-refractivity contribution in [3.05, 3.63) is 63.7 Å². The first-order valence-electron chi connectivity index (χ1n) is 9.33. The lowest BCUT2D eigenvalue weighted by atomic mass is 10.1. The quantitative estimate of drug-likeness (QED) is 0.443. The number of carbonyl (C=O) groups is 3. The molecule has 0 saturated carbocycles. The van der Waals surface area contributed by atoms with Gasteiger partial charge in [-0.3, -0.25) is 24.5 Å². The summed E-state index contributed by atoms with van der Waals surface area (Å²) in [6.45, 7) is 3.53. The number of nitrogens with zero attached hydrogens (tertiary/aromatic N) is 2. The van der Waals surface area contributed by atoms with Crippen LogP contribution in [0.2, 0.25) is 0 Å². The van der Waals surface area contributed by atoms with E-state index in [2.05, 4.69) is 5.32 Å². The lowest BCUT2D eigenvalue weighted by Gasteiger charge is -2.16. The normalized spacial score (nSPS) is 15.7. The zero-order valence-electron chi connectivity index (χ0n) is 16.6. The molecule has 1 aliphatic heterocycles. The first-order valence-corrected chi connectivity index (χ1v) is 9.33. The van der Waals surface area contributed by atoms with Gasteiger partial charge in [0.1, 0.15) is 0 Å². The minimum atomic E-state index is -0.706. The van der Waals surface area contributed by atoms with Gasteiger partial charge in [-0.05, 0) is 49.2 Å². The van der Waals surface area contributed by atoms with E-state index in [0.29, 0.717) is 11.4 Å². The molecular weight excluding hydrogens is 390 g/mol. The maximum absolute atomic E-state index is 12.3. The van der Waals surface area contributed by atoms with Crippen molar-refractivity contribution in [3.63, 3.8) is 0 Å². The molecule has 0 radical (unpaired) electrons. The first-order chi connectivity index (χ1) is 14.2. The van der Waals surface area contributed by atoms with Crippen molar-refractivity contribution in [1.29, 1.82) is 0 Å². The van der Waals surface area contributed by atoms with Crippen LogP contribution in [0.15, 0.2) is 42.5 Å². The smallest absolute Gasteiger partial charge is 0.311 e. The van der Waals surface area contributed by atoms with E-state index in [1.165, 1.54) is 29.2 Å². The number of nitro groups is 1. The highest BCUT2D eigenvalue weighted by Crippen LogP contribution is 2.27.